The number of aliphatic hydroxyl groups is 1. The van der Waals surface area contributed by atoms with Crippen LogP contribution in [-0.2, 0) is 12.1 Å². The van der Waals surface area contributed by atoms with E-state index in [1.807, 2.05) is 0 Å². The number of carbonyl (C=O) groups excluding carboxylic acids is 1. The molecular formula is C15H12F4N2O2. The van der Waals surface area contributed by atoms with Crippen LogP contribution in [-0.4, -0.2) is 17.3 Å². The molecule has 2 aliphatic rings. The van der Waals surface area contributed by atoms with Crippen molar-refractivity contribution in [3.63, 3.8) is 0 Å². The Kier molecular flexibility index (Phi) is 3.48. The fourth-order valence-corrected chi connectivity index (χ4v) is 2.38. The average molecular weight is 328 g/mol. The molecule has 2 amide bonds. The van der Waals surface area contributed by atoms with E-state index in [2.05, 4.69) is 17.2 Å². The van der Waals surface area contributed by atoms with Crippen molar-refractivity contribution in [1.29, 1.82) is 0 Å². The number of carbonyl (C=O) groups is 1. The highest BCUT2D eigenvalue weighted by molar-refractivity contribution is 5.95. The first-order valence-corrected chi connectivity index (χ1v) is 6.89. The molecule has 1 aromatic carbocycles. The van der Waals surface area contributed by atoms with E-state index >= 15 is 0 Å². The molecule has 1 aliphatic carbocycles. The summed E-state index contributed by atoms with van der Waals surface area (Å²) >= 11 is 0. The highest BCUT2D eigenvalue weighted by Crippen LogP contribution is 2.45. The van der Waals surface area contributed by atoms with Crippen LogP contribution in [0.25, 0.3) is 0 Å². The molecular weight excluding hydrogens is 316 g/mol. The van der Waals surface area contributed by atoms with Crippen molar-refractivity contribution in [2.24, 2.45) is 5.92 Å². The Labute approximate surface area is 128 Å². The van der Waals surface area contributed by atoms with Gasteiger partial charge in [0, 0.05) is 22.7 Å². The van der Waals surface area contributed by atoms with Crippen molar-refractivity contribution in [2.45, 2.75) is 31.2 Å². The predicted molar refractivity (Wildman–Crippen MR) is 72.7 cm³/mol. The summed E-state index contributed by atoms with van der Waals surface area (Å²) in [7, 11) is 0. The third kappa shape index (κ3) is 2.61. The topological polar surface area (TPSA) is 61.4 Å². The second-order valence-corrected chi connectivity index (χ2v) is 5.52. The summed E-state index contributed by atoms with van der Waals surface area (Å²) in [6.07, 6.45) is -3.52. The smallest absolute Gasteiger partial charge is 0.392 e. The van der Waals surface area contributed by atoms with Gasteiger partial charge in [-0.2, -0.15) is 13.2 Å². The Hall–Kier alpha value is -2.27. The monoisotopic (exact) mass is 328 g/mol. The van der Waals surface area contributed by atoms with Crippen LogP contribution in [0.4, 0.5) is 28.0 Å². The highest BCUT2D eigenvalue weighted by atomic mass is 19.4. The highest BCUT2D eigenvalue weighted by Gasteiger charge is 2.59. The van der Waals surface area contributed by atoms with Gasteiger partial charge in [0.25, 0.3) is 0 Å². The third-order valence-corrected chi connectivity index (χ3v) is 3.78. The van der Waals surface area contributed by atoms with E-state index in [0.29, 0.717) is 18.9 Å². The van der Waals surface area contributed by atoms with Gasteiger partial charge in [-0.15, -0.1) is 0 Å². The third-order valence-electron chi connectivity index (χ3n) is 3.78. The lowest BCUT2D eigenvalue weighted by atomic mass is 9.85. The largest absolute Gasteiger partial charge is 0.427 e. The Bertz CT molecular complexity index is 731. The van der Waals surface area contributed by atoms with Gasteiger partial charge in [0.05, 0.1) is 6.61 Å². The molecule has 1 aliphatic heterocycles. The normalized spacial score (nSPS) is 23.3. The molecule has 1 heterocycles. The molecule has 1 fully saturated rings. The fourth-order valence-electron chi connectivity index (χ4n) is 2.38. The summed E-state index contributed by atoms with van der Waals surface area (Å²) in [6, 6.07) is 0.556. The van der Waals surface area contributed by atoms with Gasteiger partial charge < -0.3 is 15.7 Å². The van der Waals surface area contributed by atoms with Crippen LogP contribution in [0.3, 0.4) is 0 Å². The first kappa shape index (κ1) is 15.6. The number of halogens is 4. The van der Waals surface area contributed by atoms with Crippen LogP contribution in [0.15, 0.2) is 12.1 Å². The van der Waals surface area contributed by atoms with E-state index in [-0.39, 0.29) is 17.2 Å². The molecule has 23 heavy (non-hydrogen) atoms. The number of aliphatic hydroxyl groups excluding tert-OH is 1. The van der Waals surface area contributed by atoms with Gasteiger partial charge in [0.2, 0.25) is 5.54 Å². The van der Waals surface area contributed by atoms with Crippen LogP contribution in [0.1, 0.15) is 24.0 Å². The maximum Gasteiger partial charge on any atom is 0.427 e. The number of urea groups is 1. The quantitative estimate of drug-likeness (QED) is 0.548. The summed E-state index contributed by atoms with van der Waals surface area (Å²) < 4.78 is 55.1. The molecule has 0 unspecified atom stereocenters. The number of hydrogen-bond donors (Lipinski definition) is 3. The van der Waals surface area contributed by atoms with E-state index in [4.69, 9.17) is 5.11 Å². The zero-order valence-electron chi connectivity index (χ0n) is 11.7. The van der Waals surface area contributed by atoms with Crippen molar-refractivity contribution in [3.05, 3.63) is 29.1 Å². The SMILES string of the molecule is O=C1Nc2cc(CO)c(F)cc2[C@@](C#CC2CC2)(C(F)(F)F)N1. The molecule has 1 aromatic rings. The molecule has 122 valence electrons. The average Bonchev–Trinajstić information content (AvgIpc) is 3.27. The summed E-state index contributed by atoms with van der Waals surface area (Å²) in [6.45, 7) is -0.699. The van der Waals surface area contributed by atoms with Gasteiger partial charge in [0.15, 0.2) is 0 Å². The number of alkyl halides is 3. The summed E-state index contributed by atoms with van der Waals surface area (Å²) in [4.78, 5) is 11.7. The Balaban J connectivity index is 2.23. The lowest BCUT2D eigenvalue weighted by Gasteiger charge is -2.37. The van der Waals surface area contributed by atoms with E-state index < -0.39 is 35.7 Å². The molecule has 0 spiro atoms. The van der Waals surface area contributed by atoms with Crippen LogP contribution < -0.4 is 10.6 Å². The molecule has 0 bridgehead atoms. The standard InChI is InChI=1S/C15H12F4N2O2/c16-11-6-10-12(5-9(11)7-22)20-13(23)21-14(10,15(17,18)19)4-3-8-1-2-8/h5-6,8,22H,1-2,7H2,(H2,20,21,23)/t14-/m0/s1. The lowest BCUT2D eigenvalue weighted by molar-refractivity contribution is -0.178. The van der Waals surface area contributed by atoms with Gasteiger partial charge in [-0.3, -0.25) is 0 Å². The van der Waals surface area contributed by atoms with Gasteiger partial charge in [-0.25, -0.2) is 9.18 Å². The minimum atomic E-state index is -4.94. The van der Waals surface area contributed by atoms with E-state index in [1.54, 1.807) is 5.32 Å². The number of rotatable bonds is 1. The fraction of sp³-hybridized carbons (Fsp3) is 0.400. The summed E-state index contributed by atoms with van der Waals surface area (Å²) in [5.41, 5.74) is -3.92. The number of benzene rings is 1. The molecule has 1 saturated carbocycles. The molecule has 8 heteroatoms. The van der Waals surface area contributed by atoms with Crippen molar-refractivity contribution in [2.75, 3.05) is 5.32 Å². The van der Waals surface area contributed by atoms with Crippen LogP contribution in [0.5, 0.6) is 0 Å². The van der Waals surface area contributed by atoms with Gasteiger partial charge >= 0.3 is 12.2 Å². The Morgan fingerprint density at radius 1 is 1.35 bits per heavy atom. The summed E-state index contributed by atoms with van der Waals surface area (Å²) in [5.74, 6) is 3.48. The molecule has 0 saturated heterocycles. The van der Waals surface area contributed by atoms with Gasteiger partial charge in [-0.1, -0.05) is 11.8 Å². The minimum absolute atomic E-state index is 0.133. The van der Waals surface area contributed by atoms with Gasteiger partial charge in [0.1, 0.15) is 5.82 Å². The molecule has 3 rings (SSSR count). The summed E-state index contributed by atoms with van der Waals surface area (Å²) in [5, 5.41) is 13.0. The maximum absolute atomic E-state index is 13.9. The second-order valence-electron chi connectivity index (χ2n) is 5.52. The first-order chi connectivity index (χ1) is 10.8. The zero-order chi connectivity index (χ0) is 16.8. The number of amides is 2. The van der Waals surface area contributed by atoms with Gasteiger partial charge in [-0.05, 0) is 25.0 Å². The van der Waals surface area contributed by atoms with Crippen molar-refractivity contribution in [3.8, 4) is 11.8 Å². The number of fused-ring (bicyclic) bond motifs is 1. The van der Waals surface area contributed by atoms with E-state index in [9.17, 15) is 22.4 Å². The zero-order valence-corrected chi connectivity index (χ0v) is 11.7. The van der Waals surface area contributed by atoms with Crippen LogP contribution >= 0.6 is 0 Å². The molecule has 0 radical (unpaired) electrons. The maximum atomic E-state index is 13.9. The number of nitrogens with one attached hydrogen (secondary N) is 2. The minimum Gasteiger partial charge on any atom is -0.392 e. The van der Waals surface area contributed by atoms with E-state index in [1.165, 1.54) is 0 Å². The second kappa shape index (κ2) is 5.13. The van der Waals surface area contributed by atoms with Crippen molar-refractivity contribution >= 4 is 11.7 Å². The lowest BCUT2D eigenvalue weighted by Crippen LogP contribution is -2.59. The van der Waals surface area contributed by atoms with E-state index in [0.717, 1.165) is 6.07 Å². The predicted octanol–water partition coefficient (Wildman–Crippen LogP) is 2.62. The number of anilines is 1. The Morgan fingerprint density at radius 2 is 2.04 bits per heavy atom. The van der Waals surface area contributed by atoms with Crippen molar-refractivity contribution in [1.82, 2.24) is 5.32 Å². The first-order valence-electron chi connectivity index (χ1n) is 6.89. The molecule has 4 nitrogen and oxygen atoms in total. The van der Waals surface area contributed by atoms with Crippen molar-refractivity contribution < 1.29 is 27.5 Å². The van der Waals surface area contributed by atoms with Crippen LogP contribution in [0.2, 0.25) is 0 Å². The molecule has 1 atom stereocenters. The molecule has 0 aromatic heterocycles. The Morgan fingerprint density at radius 3 is 2.61 bits per heavy atom. The molecule has 3 N–H and O–H groups in total. The number of hydrogen-bond acceptors (Lipinski definition) is 2. The van der Waals surface area contributed by atoms with Crippen LogP contribution in [0, 0.1) is 23.6 Å².